The molecular formula is C21H24F2N4O5. The SMILES string of the molecule is CC1(NC(=O)OC2COC(c3cc(NC(=O)Cc4cc(F)cc(F)c4)n[nH]3)C2)CCOC1. The van der Waals surface area contributed by atoms with Gasteiger partial charge in [0.1, 0.15) is 23.8 Å². The molecule has 1 aromatic carbocycles. The number of rotatable bonds is 6. The molecule has 3 N–H and O–H groups in total. The van der Waals surface area contributed by atoms with Crippen LogP contribution in [0.5, 0.6) is 0 Å². The van der Waals surface area contributed by atoms with Crippen LogP contribution in [0.1, 0.15) is 37.1 Å². The Balaban J connectivity index is 1.26. The van der Waals surface area contributed by atoms with Gasteiger partial charge in [-0.15, -0.1) is 0 Å². The van der Waals surface area contributed by atoms with Gasteiger partial charge in [0, 0.05) is 25.2 Å². The van der Waals surface area contributed by atoms with Crippen molar-refractivity contribution in [2.24, 2.45) is 0 Å². The fraction of sp³-hybridized carbons (Fsp3) is 0.476. The minimum absolute atomic E-state index is 0.203. The second kappa shape index (κ2) is 9.21. The van der Waals surface area contributed by atoms with E-state index in [0.717, 1.165) is 24.6 Å². The summed E-state index contributed by atoms with van der Waals surface area (Å²) in [5, 5.41) is 12.2. The Labute approximate surface area is 182 Å². The van der Waals surface area contributed by atoms with E-state index in [1.807, 2.05) is 6.92 Å². The van der Waals surface area contributed by atoms with Gasteiger partial charge in [0.25, 0.3) is 0 Å². The number of hydrogen-bond donors (Lipinski definition) is 3. The highest BCUT2D eigenvalue weighted by Crippen LogP contribution is 2.30. The third kappa shape index (κ3) is 5.60. The molecule has 0 spiro atoms. The molecule has 1 aromatic heterocycles. The summed E-state index contributed by atoms with van der Waals surface area (Å²) < 4.78 is 43.0. The summed E-state index contributed by atoms with van der Waals surface area (Å²) in [6, 6.07) is 4.55. The zero-order valence-corrected chi connectivity index (χ0v) is 17.5. The van der Waals surface area contributed by atoms with E-state index in [0.29, 0.717) is 25.3 Å². The molecule has 2 aromatic rings. The molecule has 2 amide bonds. The molecular weight excluding hydrogens is 426 g/mol. The van der Waals surface area contributed by atoms with Crippen molar-refractivity contribution in [1.29, 1.82) is 0 Å². The van der Waals surface area contributed by atoms with Gasteiger partial charge in [-0.3, -0.25) is 9.89 Å². The predicted molar refractivity (Wildman–Crippen MR) is 108 cm³/mol. The van der Waals surface area contributed by atoms with Crippen molar-refractivity contribution in [2.75, 3.05) is 25.1 Å². The first kappa shape index (κ1) is 22.2. The summed E-state index contributed by atoms with van der Waals surface area (Å²) in [4.78, 5) is 24.3. The monoisotopic (exact) mass is 450 g/mol. The zero-order valence-electron chi connectivity index (χ0n) is 17.5. The number of nitrogens with zero attached hydrogens (tertiary/aromatic N) is 1. The topological polar surface area (TPSA) is 115 Å². The summed E-state index contributed by atoms with van der Waals surface area (Å²) in [6.07, 6.45) is -0.366. The molecule has 9 nitrogen and oxygen atoms in total. The molecule has 0 bridgehead atoms. The van der Waals surface area contributed by atoms with E-state index in [2.05, 4.69) is 20.8 Å². The largest absolute Gasteiger partial charge is 0.444 e. The Kier molecular flexibility index (Phi) is 6.38. The number of aromatic nitrogens is 2. The van der Waals surface area contributed by atoms with Gasteiger partial charge in [-0.25, -0.2) is 13.6 Å². The van der Waals surface area contributed by atoms with Gasteiger partial charge in [-0.2, -0.15) is 5.10 Å². The highest BCUT2D eigenvalue weighted by molar-refractivity contribution is 5.91. The summed E-state index contributed by atoms with van der Waals surface area (Å²) in [5.74, 6) is -1.71. The van der Waals surface area contributed by atoms with E-state index in [1.165, 1.54) is 0 Å². The minimum atomic E-state index is -0.746. The molecule has 3 atom stereocenters. The number of H-pyrrole nitrogens is 1. The standard InChI is InChI=1S/C21H24F2N4O5/c1-21(2-3-30-11-21)25-20(29)32-15-8-17(31-10-15)16-9-18(27-26-16)24-19(28)6-12-4-13(22)7-14(23)5-12/h4-5,7,9,15,17H,2-3,6,8,10-11H2,1H3,(H,25,29)(H2,24,26,27,28). The molecule has 4 rings (SSSR count). The van der Waals surface area contributed by atoms with Crippen molar-refractivity contribution in [3.8, 4) is 0 Å². The van der Waals surface area contributed by atoms with Crippen LogP contribution in [0.4, 0.5) is 19.4 Å². The van der Waals surface area contributed by atoms with Gasteiger partial charge in [-0.1, -0.05) is 0 Å². The molecule has 2 aliphatic rings. The number of benzene rings is 1. The third-order valence-corrected chi connectivity index (χ3v) is 5.36. The highest BCUT2D eigenvalue weighted by atomic mass is 19.1. The van der Waals surface area contributed by atoms with E-state index in [-0.39, 0.29) is 30.5 Å². The molecule has 3 heterocycles. The highest BCUT2D eigenvalue weighted by Gasteiger charge is 2.35. The lowest BCUT2D eigenvalue weighted by atomic mass is 10.0. The van der Waals surface area contributed by atoms with Crippen LogP contribution in [0.3, 0.4) is 0 Å². The van der Waals surface area contributed by atoms with Crippen LogP contribution < -0.4 is 10.6 Å². The normalized spacial score (nSPS) is 25.0. The molecule has 32 heavy (non-hydrogen) atoms. The fourth-order valence-electron chi connectivity index (χ4n) is 3.74. The zero-order chi connectivity index (χ0) is 22.7. The Morgan fingerprint density at radius 1 is 1.28 bits per heavy atom. The second-order valence-corrected chi connectivity index (χ2v) is 8.28. The number of ether oxygens (including phenoxy) is 3. The van der Waals surface area contributed by atoms with E-state index in [1.54, 1.807) is 6.07 Å². The van der Waals surface area contributed by atoms with Crippen LogP contribution in [0.2, 0.25) is 0 Å². The number of carbonyl (C=O) groups excluding carboxylic acids is 2. The first-order valence-corrected chi connectivity index (χ1v) is 10.3. The molecule has 172 valence electrons. The summed E-state index contributed by atoms with van der Waals surface area (Å²) in [5.41, 5.74) is 0.398. The molecule has 0 aliphatic carbocycles. The number of aromatic amines is 1. The van der Waals surface area contributed by atoms with Crippen LogP contribution in [0, 0.1) is 11.6 Å². The number of halogens is 2. The van der Waals surface area contributed by atoms with Crippen molar-refractivity contribution in [2.45, 2.75) is 43.9 Å². The van der Waals surface area contributed by atoms with Gasteiger partial charge in [0.2, 0.25) is 5.91 Å². The average Bonchev–Trinajstić information content (AvgIpc) is 3.42. The number of amides is 2. The predicted octanol–water partition coefficient (Wildman–Crippen LogP) is 2.60. The van der Waals surface area contributed by atoms with E-state index in [4.69, 9.17) is 14.2 Å². The summed E-state index contributed by atoms with van der Waals surface area (Å²) >= 11 is 0. The average molecular weight is 450 g/mol. The Morgan fingerprint density at radius 2 is 2.06 bits per heavy atom. The quantitative estimate of drug-likeness (QED) is 0.623. The summed E-state index contributed by atoms with van der Waals surface area (Å²) in [7, 11) is 0. The number of carbonyl (C=O) groups is 2. The Morgan fingerprint density at radius 3 is 2.78 bits per heavy atom. The van der Waals surface area contributed by atoms with Crippen LogP contribution in [-0.4, -0.2) is 53.7 Å². The fourth-order valence-corrected chi connectivity index (χ4v) is 3.74. The third-order valence-electron chi connectivity index (χ3n) is 5.36. The number of anilines is 1. The van der Waals surface area contributed by atoms with Gasteiger partial charge in [-0.05, 0) is 31.0 Å². The van der Waals surface area contributed by atoms with E-state index >= 15 is 0 Å². The van der Waals surface area contributed by atoms with Gasteiger partial charge < -0.3 is 24.8 Å². The lowest BCUT2D eigenvalue weighted by Crippen LogP contribution is -2.47. The first-order valence-electron chi connectivity index (χ1n) is 10.3. The number of alkyl carbamates (subject to hydrolysis) is 1. The van der Waals surface area contributed by atoms with Crippen molar-refractivity contribution in [3.05, 3.63) is 47.2 Å². The van der Waals surface area contributed by atoms with Gasteiger partial charge in [0.05, 0.1) is 30.9 Å². The molecule has 2 saturated heterocycles. The molecule has 0 radical (unpaired) electrons. The van der Waals surface area contributed by atoms with Crippen molar-refractivity contribution in [3.63, 3.8) is 0 Å². The number of nitrogens with one attached hydrogen (secondary N) is 3. The smallest absolute Gasteiger partial charge is 0.407 e. The van der Waals surface area contributed by atoms with Gasteiger partial charge >= 0.3 is 6.09 Å². The van der Waals surface area contributed by atoms with E-state index in [9.17, 15) is 18.4 Å². The molecule has 2 fully saturated rings. The van der Waals surface area contributed by atoms with Gasteiger partial charge in [0.15, 0.2) is 5.82 Å². The Hall–Kier alpha value is -3.05. The van der Waals surface area contributed by atoms with Crippen LogP contribution in [-0.2, 0) is 25.4 Å². The lowest BCUT2D eigenvalue weighted by molar-refractivity contribution is -0.115. The lowest BCUT2D eigenvalue weighted by Gasteiger charge is -2.24. The maximum absolute atomic E-state index is 13.3. The Bertz CT molecular complexity index is 972. The first-order chi connectivity index (χ1) is 15.3. The maximum Gasteiger partial charge on any atom is 0.407 e. The van der Waals surface area contributed by atoms with Crippen molar-refractivity contribution >= 4 is 17.8 Å². The van der Waals surface area contributed by atoms with Crippen LogP contribution >= 0.6 is 0 Å². The molecule has 11 heteroatoms. The summed E-state index contributed by atoms with van der Waals surface area (Å²) in [6.45, 7) is 3.18. The van der Waals surface area contributed by atoms with Crippen LogP contribution in [0.25, 0.3) is 0 Å². The molecule has 0 saturated carbocycles. The van der Waals surface area contributed by atoms with Crippen molar-refractivity contribution in [1.82, 2.24) is 15.5 Å². The minimum Gasteiger partial charge on any atom is -0.444 e. The van der Waals surface area contributed by atoms with E-state index < -0.39 is 35.3 Å². The van der Waals surface area contributed by atoms with Crippen LogP contribution in [0.15, 0.2) is 24.3 Å². The second-order valence-electron chi connectivity index (χ2n) is 8.28. The molecule has 2 aliphatic heterocycles. The molecule has 3 unspecified atom stereocenters. The maximum atomic E-state index is 13.3. The van der Waals surface area contributed by atoms with Crippen molar-refractivity contribution < 1.29 is 32.6 Å². The number of hydrogen-bond acceptors (Lipinski definition) is 6.